The van der Waals surface area contributed by atoms with Gasteiger partial charge in [0.15, 0.2) is 0 Å². The quantitative estimate of drug-likeness (QED) is 0.879. The number of nitrogens with one attached hydrogen (secondary N) is 1. The molecule has 0 atom stereocenters. The molecule has 126 valence electrons. The molecule has 0 amide bonds. The monoisotopic (exact) mass is 346 g/mol. The van der Waals surface area contributed by atoms with Crippen molar-refractivity contribution in [2.45, 2.75) is 4.90 Å². The molecule has 24 heavy (non-hydrogen) atoms. The molecule has 7 heteroatoms. The van der Waals surface area contributed by atoms with E-state index in [4.69, 9.17) is 0 Å². The Kier molecular flexibility index (Phi) is 4.66. The van der Waals surface area contributed by atoms with Gasteiger partial charge in [-0.05, 0) is 29.3 Å². The van der Waals surface area contributed by atoms with Crippen molar-refractivity contribution in [3.63, 3.8) is 0 Å². The van der Waals surface area contributed by atoms with Crippen LogP contribution in [-0.4, -0.2) is 50.0 Å². The Morgan fingerprint density at radius 2 is 1.62 bits per heavy atom. The van der Waals surface area contributed by atoms with Gasteiger partial charge in [0.1, 0.15) is 0 Å². The molecule has 0 unspecified atom stereocenters. The molecule has 0 aromatic heterocycles. The van der Waals surface area contributed by atoms with E-state index < -0.39 is 16.0 Å². The maximum absolute atomic E-state index is 12.6. The fraction of sp³-hybridized carbons (Fsp3) is 0.235. The zero-order chi connectivity index (χ0) is 17.2. The molecule has 0 saturated carbocycles. The Balaban J connectivity index is 1.93. The largest absolute Gasteiger partial charge is 0.478 e. The topological polar surface area (TPSA) is 86.7 Å². The van der Waals surface area contributed by atoms with Crippen LogP contribution < -0.4 is 5.32 Å². The van der Waals surface area contributed by atoms with E-state index in [1.807, 2.05) is 0 Å². The van der Waals surface area contributed by atoms with Crippen molar-refractivity contribution in [3.05, 3.63) is 54.1 Å². The summed E-state index contributed by atoms with van der Waals surface area (Å²) < 4.78 is 26.7. The number of aromatic carboxylic acids is 1. The van der Waals surface area contributed by atoms with E-state index in [1.54, 1.807) is 30.3 Å². The third-order valence-electron chi connectivity index (χ3n) is 4.04. The first-order valence-electron chi connectivity index (χ1n) is 7.64. The average Bonchev–Trinajstić information content (AvgIpc) is 2.62. The van der Waals surface area contributed by atoms with Gasteiger partial charge in [-0.25, -0.2) is 13.2 Å². The maximum atomic E-state index is 12.6. The highest BCUT2D eigenvalue weighted by Gasteiger charge is 2.25. The Morgan fingerprint density at radius 1 is 1.00 bits per heavy atom. The Bertz CT molecular complexity index is 841. The van der Waals surface area contributed by atoms with Crippen LogP contribution in [0.1, 0.15) is 10.4 Å². The highest BCUT2D eigenvalue weighted by molar-refractivity contribution is 7.89. The van der Waals surface area contributed by atoms with Crippen LogP contribution in [-0.2, 0) is 10.0 Å². The summed E-state index contributed by atoms with van der Waals surface area (Å²) in [6.45, 7) is 2.18. The van der Waals surface area contributed by atoms with E-state index >= 15 is 0 Å². The van der Waals surface area contributed by atoms with Crippen molar-refractivity contribution >= 4 is 16.0 Å². The van der Waals surface area contributed by atoms with Crippen LogP contribution in [0.25, 0.3) is 11.1 Å². The smallest absolute Gasteiger partial charge is 0.336 e. The Morgan fingerprint density at radius 3 is 2.25 bits per heavy atom. The molecule has 1 heterocycles. The number of hydrogen-bond donors (Lipinski definition) is 2. The lowest BCUT2D eigenvalue weighted by Gasteiger charge is -2.26. The first kappa shape index (κ1) is 16.6. The van der Waals surface area contributed by atoms with Crippen LogP contribution in [0.3, 0.4) is 0 Å². The second kappa shape index (κ2) is 6.72. The van der Waals surface area contributed by atoms with E-state index in [2.05, 4.69) is 5.32 Å². The normalized spacial score (nSPS) is 16.0. The van der Waals surface area contributed by atoms with Crippen LogP contribution in [0.4, 0.5) is 0 Å². The van der Waals surface area contributed by atoms with Gasteiger partial charge in [0.2, 0.25) is 10.0 Å². The number of carboxylic acids is 1. The minimum Gasteiger partial charge on any atom is -0.478 e. The predicted octanol–water partition coefficient (Wildman–Crippen LogP) is 1.65. The summed E-state index contributed by atoms with van der Waals surface area (Å²) in [5.41, 5.74) is 1.43. The first-order chi connectivity index (χ1) is 11.5. The molecular weight excluding hydrogens is 328 g/mol. The van der Waals surface area contributed by atoms with Gasteiger partial charge in [0, 0.05) is 26.2 Å². The lowest BCUT2D eigenvalue weighted by molar-refractivity contribution is 0.0697. The van der Waals surface area contributed by atoms with Gasteiger partial charge < -0.3 is 10.4 Å². The number of piperazine rings is 1. The Labute approximate surface area is 140 Å². The molecule has 0 bridgehead atoms. The molecule has 0 spiro atoms. The number of rotatable bonds is 4. The fourth-order valence-electron chi connectivity index (χ4n) is 2.76. The van der Waals surface area contributed by atoms with Gasteiger partial charge in [-0.15, -0.1) is 0 Å². The summed E-state index contributed by atoms with van der Waals surface area (Å²) in [5, 5.41) is 12.4. The summed E-state index contributed by atoms with van der Waals surface area (Å²) in [4.78, 5) is 11.5. The maximum Gasteiger partial charge on any atom is 0.336 e. The van der Waals surface area contributed by atoms with Crippen molar-refractivity contribution in [2.75, 3.05) is 26.2 Å². The molecule has 1 fully saturated rings. The van der Waals surface area contributed by atoms with Gasteiger partial charge in [-0.3, -0.25) is 0 Å². The number of benzene rings is 2. The van der Waals surface area contributed by atoms with Gasteiger partial charge in [-0.2, -0.15) is 4.31 Å². The molecule has 1 aliphatic rings. The minimum absolute atomic E-state index is 0.190. The zero-order valence-electron chi connectivity index (χ0n) is 13.0. The average molecular weight is 346 g/mol. The molecule has 3 rings (SSSR count). The highest BCUT2D eigenvalue weighted by atomic mass is 32.2. The van der Waals surface area contributed by atoms with Gasteiger partial charge in [0.25, 0.3) is 0 Å². The number of sulfonamides is 1. The van der Waals surface area contributed by atoms with E-state index in [0.29, 0.717) is 37.3 Å². The molecule has 2 aromatic rings. The third-order valence-corrected chi connectivity index (χ3v) is 5.95. The molecule has 2 aromatic carbocycles. The van der Waals surface area contributed by atoms with Crippen molar-refractivity contribution in [2.24, 2.45) is 0 Å². The molecule has 1 saturated heterocycles. The Hall–Kier alpha value is -2.22. The van der Waals surface area contributed by atoms with Crippen LogP contribution in [0.5, 0.6) is 0 Å². The van der Waals surface area contributed by atoms with E-state index in [1.165, 1.54) is 22.5 Å². The van der Waals surface area contributed by atoms with Crippen LogP contribution in [0.2, 0.25) is 0 Å². The van der Waals surface area contributed by atoms with Gasteiger partial charge in [0.05, 0.1) is 10.5 Å². The summed E-state index contributed by atoms with van der Waals surface area (Å²) >= 11 is 0. The lowest BCUT2D eigenvalue weighted by Crippen LogP contribution is -2.46. The van der Waals surface area contributed by atoms with E-state index in [0.717, 1.165) is 0 Å². The summed E-state index contributed by atoms with van der Waals surface area (Å²) in [5.74, 6) is -1.01. The van der Waals surface area contributed by atoms with Crippen molar-refractivity contribution in [1.29, 1.82) is 0 Å². The molecule has 0 aliphatic carbocycles. The number of nitrogens with zero attached hydrogens (tertiary/aromatic N) is 1. The standard InChI is InChI=1S/C17H18N2O4S/c20-17(21)16-4-2-1-3-15(16)13-5-7-14(8-6-13)24(22,23)19-11-9-18-10-12-19/h1-8,18H,9-12H2,(H,20,21). The van der Waals surface area contributed by atoms with Crippen molar-refractivity contribution < 1.29 is 18.3 Å². The second-order valence-corrected chi connectivity index (χ2v) is 7.47. The SMILES string of the molecule is O=C(O)c1ccccc1-c1ccc(S(=O)(=O)N2CCNCC2)cc1. The predicted molar refractivity (Wildman–Crippen MR) is 90.5 cm³/mol. The van der Waals surface area contributed by atoms with Crippen LogP contribution in [0, 0.1) is 0 Å². The van der Waals surface area contributed by atoms with Crippen LogP contribution in [0.15, 0.2) is 53.4 Å². The molecular formula is C17H18N2O4S. The summed E-state index contributed by atoms with van der Waals surface area (Å²) in [6.07, 6.45) is 0. The molecule has 6 nitrogen and oxygen atoms in total. The molecule has 2 N–H and O–H groups in total. The number of carboxylic acid groups (broad SMARTS) is 1. The van der Waals surface area contributed by atoms with E-state index in [9.17, 15) is 18.3 Å². The lowest BCUT2D eigenvalue weighted by atomic mass is 10.00. The summed E-state index contributed by atoms with van der Waals surface area (Å²) in [7, 11) is -3.51. The fourth-order valence-corrected chi connectivity index (χ4v) is 4.20. The van der Waals surface area contributed by atoms with Gasteiger partial charge >= 0.3 is 5.97 Å². The number of carbonyl (C=O) groups is 1. The van der Waals surface area contributed by atoms with Crippen LogP contribution >= 0.6 is 0 Å². The van der Waals surface area contributed by atoms with Gasteiger partial charge in [-0.1, -0.05) is 30.3 Å². The minimum atomic E-state index is -3.51. The first-order valence-corrected chi connectivity index (χ1v) is 9.08. The number of hydrogen-bond acceptors (Lipinski definition) is 4. The highest BCUT2D eigenvalue weighted by Crippen LogP contribution is 2.26. The van der Waals surface area contributed by atoms with E-state index in [-0.39, 0.29) is 10.5 Å². The zero-order valence-corrected chi connectivity index (χ0v) is 13.8. The van der Waals surface area contributed by atoms with Crippen molar-refractivity contribution in [1.82, 2.24) is 9.62 Å². The molecule has 0 radical (unpaired) electrons. The molecule has 1 aliphatic heterocycles. The second-order valence-electron chi connectivity index (χ2n) is 5.53. The van der Waals surface area contributed by atoms with Crippen molar-refractivity contribution in [3.8, 4) is 11.1 Å². The third kappa shape index (κ3) is 3.19. The summed E-state index contributed by atoms with van der Waals surface area (Å²) in [6, 6.07) is 13.0.